The normalized spacial score (nSPS) is 16.8. The summed E-state index contributed by atoms with van der Waals surface area (Å²) in [5.74, 6) is 0. The van der Waals surface area contributed by atoms with Crippen molar-refractivity contribution in [1.29, 1.82) is 0 Å². The molecule has 2 aromatic rings. The molecule has 0 fully saturated rings. The van der Waals surface area contributed by atoms with Gasteiger partial charge in [0, 0.05) is 0 Å². The first-order valence-corrected chi connectivity index (χ1v) is 15.8. The summed E-state index contributed by atoms with van der Waals surface area (Å²) < 4.78 is 79.3. The molecule has 1 atom stereocenters. The number of alkyl halides is 6. The van der Waals surface area contributed by atoms with E-state index in [0.717, 1.165) is 23.3 Å². The van der Waals surface area contributed by atoms with Crippen LogP contribution in [0.3, 0.4) is 0 Å². The van der Waals surface area contributed by atoms with Crippen LogP contribution < -0.4 is 0 Å². The summed E-state index contributed by atoms with van der Waals surface area (Å²) in [5.41, 5.74) is 0.350. The van der Waals surface area contributed by atoms with Crippen molar-refractivity contribution in [2.24, 2.45) is 0 Å². The molecular formula is C19H13Cl2F6Zr. The Morgan fingerprint density at radius 2 is 1.39 bits per heavy atom. The molecule has 1 unspecified atom stereocenters. The Hall–Kier alpha value is -0.777. The van der Waals surface area contributed by atoms with Gasteiger partial charge in [-0.15, -0.1) is 0 Å². The molecule has 0 saturated carbocycles. The van der Waals surface area contributed by atoms with E-state index in [1.807, 2.05) is 6.92 Å². The summed E-state index contributed by atoms with van der Waals surface area (Å²) in [6.07, 6.45) is -8.03. The number of fused-ring (bicyclic) bond motifs is 1. The predicted molar refractivity (Wildman–Crippen MR) is 94.7 cm³/mol. The topological polar surface area (TPSA) is 0 Å². The molecule has 0 nitrogen and oxygen atoms in total. The Morgan fingerprint density at radius 1 is 0.857 bits per heavy atom. The first-order valence-electron chi connectivity index (χ1n) is 8.10. The number of benzene rings is 2. The molecule has 0 N–H and O–H groups in total. The van der Waals surface area contributed by atoms with Gasteiger partial charge in [0.25, 0.3) is 0 Å². The number of rotatable bonds is 2. The zero-order valence-electron chi connectivity index (χ0n) is 14.6. The van der Waals surface area contributed by atoms with Crippen molar-refractivity contribution >= 4 is 23.1 Å². The Labute approximate surface area is 172 Å². The predicted octanol–water partition coefficient (Wildman–Crippen LogP) is 8.08. The monoisotopic (exact) mass is 515 g/mol. The fourth-order valence-electron chi connectivity index (χ4n) is 3.48. The van der Waals surface area contributed by atoms with Crippen LogP contribution in [0, 0.1) is 6.92 Å². The molecule has 9 heteroatoms. The van der Waals surface area contributed by atoms with E-state index in [1.165, 1.54) is 0 Å². The van der Waals surface area contributed by atoms with E-state index in [1.54, 1.807) is 25.1 Å². The fraction of sp³-hybridized carbons (Fsp3) is 0.263. The molecule has 0 aromatic heterocycles. The van der Waals surface area contributed by atoms with Crippen molar-refractivity contribution in [3.63, 3.8) is 0 Å². The number of hydrogen-bond donors (Lipinski definition) is 0. The van der Waals surface area contributed by atoms with Gasteiger partial charge < -0.3 is 0 Å². The van der Waals surface area contributed by atoms with E-state index in [-0.39, 0.29) is 15.3 Å². The third kappa shape index (κ3) is 4.08. The van der Waals surface area contributed by atoms with Crippen molar-refractivity contribution in [2.45, 2.75) is 29.8 Å². The van der Waals surface area contributed by atoms with Gasteiger partial charge in [-0.05, 0) is 0 Å². The first-order chi connectivity index (χ1) is 12.8. The quantitative estimate of drug-likeness (QED) is 0.354. The SMILES string of the molecule is CC1=Cc2c(ccc(C)c2-c2cc(C(F)(F)F)cc(C(F)(F)F)c2)[CH]1[Zr]([Cl])[Cl]. The summed E-state index contributed by atoms with van der Waals surface area (Å²) in [4.78, 5) is 0. The van der Waals surface area contributed by atoms with Crippen LogP contribution in [0.1, 0.15) is 38.4 Å². The molecule has 1 aliphatic rings. The molecule has 0 saturated heterocycles. The van der Waals surface area contributed by atoms with Crippen molar-refractivity contribution in [2.75, 3.05) is 0 Å². The number of halogens is 8. The molecule has 149 valence electrons. The van der Waals surface area contributed by atoms with Gasteiger partial charge in [0.15, 0.2) is 0 Å². The van der Waals surface area contributed by atoms with E-state index < -0.39 is 42.8 Å². The molecule has 1 aliphatic carbocycles. The van der Waals surface area contributed by atoms with Gasteiger partial charge in [-0.1, -0.05) is 0 Å². The summed E-state index contributed by atoms with van der Waals surface area (Å²) >= 11 is -2.80. The Morgan fingerprint density at radius 3 is 1.86 bits per heavy atom. The maximum atomic E-state index is 13.3. The summed E-state index contributed by atoms with van der Waals surface area (Å²) in [5, 5.41) is 0. The zero-order chi connectivity index (χ0) is 21.0. The van der Waals surface area contributed by atoms with E-state index >= 15 is 0 Å². The van der Waals surface area contributed by atoms with Crippen LogP contribution >= 0.6 is 17.0 Å². The maximum absolute atomic E-state index is 13.3. The molecular weight excluding hydrogens is 504 g/mol. The van der Waals surface area contributed by atoms with Crippen LogP contribution in [-0.4, -0.2) is 0 Å². The molecule has 0 spiro atoms. The standard InChI is InChI=1S/C19H13F6.2ClH.Zr/c1-10-5-12-4-3-11(2)17(16(12)6-10)13-7-14(18(20,21)22)9-15(8-13)19(23,24)25;;;/h3-9H,1-2H3;2*1H;/q;;;+2/p-2. The number of allylic oxidation sites excluding steroid dienone is 1. The zero-order valence-corrected chi connectivity index (χ0v) is 18.5. The number of aryl methyl sites for hydroxylation is 1. The Kier molecular flexibility index (Phi) is 5.86. The second-order valence-electron chi connectivity index (χ2n) is 6.67. The minimum atomic E-state index is -4.90. The van der Waals surface area contributed by atoms with Gasteiger partial charge in [-0.3, -0.25) is 0 Å². The van der Waals surface area contributed by atoms with Crippen molar-refractivity contribution in [3.05, 3.63) is 63.7 Å². The molecule has 28 heavy (non-hydrogen) atoms. The number of hydrogen-bond acceptors (Lipinski definition) is 0. The molecule has 0 bridgehead atoms. The van der Waals surface area contributed by atoms with E-state index in [0.29, 0.717) is 16.7 Å². The van der Waals surface area contributed by atoms with E-state index in [9.17, 15) is 26.3 Å². The molecule has 0 aliphatic heterocycles. The van der Waals surface area contributed by atoms with Gasteiger partial charge in [0.1, 0.15) is 0 Å². The Bertz CT molecular complexity index is 928. The van der Waals surface area contributed by atoms with Crippen molar-refractivity contribution in [1.82, 2.24) is 0 Å². The van der Waals surface area contributed by atoms with E-state index in [4.69, 9.17) is 17.0 Å². The van der Waals surface area contributed by atoms with Crippen LogP contribution in [0.25, 0.3) is 17.2 Å². The average Bonchev–Trinajstić information content (AvgIpc) is 2.88. The third-order valence-electron chi connectivity index (χ3n) is 4.72. The Balaban J connectivity index is 2.31. The average molecular weight is 517 g/mol. The van der Waals surface area contributed by atoms with Gasteiger partial charge >= 0.3 is 173 Å². The van der Waals surface area contributed by atoms with Crippen LogP contribution in [-0.2, 0) is 31.7 Å². The second-order valence-corrected chi connectivity index (χ2v) is 15.5. The summed E-state index contributed by atoms with van der Waals surface area (Å²) in [6, 6.07) is 5.14. The fourth-order valence-corrected chi connectivity index (χ4v) is 9.15. The second kappa shape index (κ2) is 7.48. The van der Waals surface area contributed by atoms with Gasteiger partial charge in [-0.25, -0.2) is 0 Å². The van der Waals surface area contributed by atoms with E-state index in [2.05, 4.69) is 0 Å². The summed E-state index contributed by atoms with van der Waals surface area (Å²) in [7, 11) is 12.5. The van der Waals surface area contributed by atoms with Crippen LogP contribution in [0.5, 0.6) is 0 Å². The molecule has 3 rings (SSSR count). The minimum absolute atomic E-state index is 0.129. The van der Waals surface area contributed by atoms with Crippen LogP contribution in [0.15, 0.2) is 35.9 Å². The van der Waals surface area contributed by atoms with Crippen molar-refractivity contribution < 1.29 is 45.7 Å². The molecule has 2 aromatic carbocycles. The van der Waals surface area contributed by atoms with Gasteiger partial charge in [-0.2, -0.15) is 0 Å². The van der Waals surface area contributed by atoms with Crippen LogP contribution in [0.2, 0.25) is 0 Å². The third-order valence-corrected chi connectivity index (χ3v) is 10.3. The molecule has 0 heterocycles. The van der Waals surface area contributed by atoms with Gasteiger partial charge in [0.05, 0.1) is 0 Å². The van der Waals surface area contributed by atoms with Crippen molar-refractivity contribution in [3.8, 4) is 11.1 Å². The van der Waals surface area contributed by atoms with Crippen LogP contribution in [0.4, 0.5) is 26.3 Å². The first kappa shape index (κ1) is 21.9. The molecule has 0 radical (unpaired) electrons. The van der Waals surface area contributed by atoms with Gasteiger partial charge in [0.2, 0.25) is 0 Å². The molecule has 0 amide bonds. The summed E-state index contributed by atoms with van der Waals surface area (Å²) in [6.45, 7) is 3.48.